The predicted molar refractivity (Wildman–Crippen MR) is 77.5 cm³/mol. The molecular weight excluding hydrogens is 276 g/mol. The molecule has 1 aliphatic rings. The number of aromatic nitrogens is 1. The molecule has 2 heterocycles. The summed E-state index contributed by atoms with van der Waals surface area (Å²) in [5.74, 6) is 0.554. The summed E-state index contributed by atoms with van der Waals surface area (Å²) in [6, 6.07) is 1.77. The van der Waals surface area contributed by atoms with Crippen LogP contribution < -0.4 is 0 Å². The maximum atomic E-state index is 12.6. The van der Waals surface area contributed by atoms with Gasteiger partial charge in [0.2, 0.25) is 10.0 Å². The molecule has 0 radical (unpaired) electrons. The first-order chi connectivity index (χ1) is 9.49. The minimum atomic E-state index is -3.29. The van der Waals surface area contributed by atoms with Crippen molar-refractivity contribution in [2.45, 2.75) is 57.7 Å². The summed E-state index contributed by atoms with van der Waals surface area (Å²) in [5.41, 5.74) is 0.484. The second kappa shape index (κ2) is 6.72. The molecule has 0 N–H and O–H groups in total. The Kier molecular flexibility index (Phi) is 5.21. The fourth-order valence-corrected chi connectivity index (χ4v) is 4.50. The van der Waals surface area contributed by atoms with E-state index in [1.165, 1.54) is 6.26 Å². The lowest BCUT2D eigenvalue weighted by molar-refractivity contribution is 0.230. The quantitative estimate of drug-likeness (QED) is 0.810. The van der Waals surface area contributed by atoms with Crippen LogP contribution in [-0.2, 0) is 15.8 Å². The summed E-state index contributed by atoms with van der Waals surface area (Å²) in [6.07, 6.45) is 6.49. The van der Waals surface area contributed by atoms with E-state index in [1.54, 1.807) is 10.4 Å². The van der Waals surface area contributed by atoms with Crippen LogP contribution in [0.1, 0.15) is 51.6 Å². The van der Waals surface area contributed by atoms with Crippen LogP contribution in [0.4, 0.5) is 0 Å². The van der Waals surface area contributed by atoms with Gasteiger partial charge in [0.1, 0.15) is 12.0 Å². The average molecular weight is 300 g/mol. The van der Waals surface area contributed by atoms with E-state index in [-0.39, 0.29) is 11.8 Å². The lowest BCUT2D eigenvalue weighted by Gasteiger charge is -2.35. The van der Waals surface area contributed by atoms with E-state index in [1.807, 2.05) is 0 Å². The molecule has 0 spiro atoms. The topological polar surface area (TPSA) is 63.4 Å². The maximum absolute atomic E-state index is 12.6. The van der Waals surface area contributed by atoms with Crippen LogP contribution in [0.15, 0.2) is 16.9 Å². The lowest BCUT2D eigenvalue weighted by Crippen LogP contribution is -2.44. The van der Waals surface area contributed by atoms with Gasteiger partial charge in [0.05, 0.1) is 5.69 Å². The molecule has 114 valence electrons. The Morgan fingerprint density at radius 2 is 2.25 bits per heavy atom. The Balaban J connectivity index is 2.06. The lowest BCUT2D eigenvalue weighted by atomic mass is 9.97. The third kappa shape index (κ3) is 4.06. The fraction of sp³-hybridized carbons (Fsp3) is 0.786. The molecule has 1 fully saturated rings. The van der Waals surface area contributed by atoms with Crippen LogP contribution in [0.25, 0.3) is 0 Å². The van der Waals surface area contributed by atoms with E-state index >= 15 is 0 Å². The summed E-state index contributed by atoms with van der Waals surface area (Å²) in [7, 11) is -3.29. The monoisotopic (exact) mass is 300 g/mol. The molecule has 20 heavy (non-hydrogen) atoms. The van der Waals surface area contributed by atoms with Crippen LogP contribution in [-0.4, -0.2) is 30.5 Å². The molecule has 0 amide bonds. The molecule has 0 aromatic carbocycles. The van der Waals surface area contributed by atoms with Gasteiger partial charge < -0.3 is 4.52 Å². The van der Waals surface area contributed by atoms with Crippen molar-refractivity contribution in [2.24, 2.45) is 5.92 Å². The smallest absolute Gasteiger partial charge is 0.220 e. The van der Waals surface area contributed by atoms with Gasteiger partial charge in [-0.25, -0.2) is 8.42 Å². The van der Waals surface area contributed by atoms with Crippen molar-refractivity contribution in [1.82, 2.24) is 9.46 Å². The zero-order chi connectivity index (χ0) is 14.6. The largest absolute Gasteiger partial charge is 0.364 e. The second-order valence-corrected chi connectivity index (χ2v) is 7.90. The van der Waals surface area contributed by atoms with Gasteiger partial charge in [0, 0.05) is 18.7 Å². The molecule has 6 heteroatoms. The highest BCUT2D eigenvalue weighted by Crippen LogP contribution is 2.26. The van der Waals surface area contributed by atoms with Crippen LogP contribution in [0, 0.1) is 5.92 Å². The molecule has 1 saturated heterocycles. The Hall–Kier alpha value is -0.880. The summed E-state index contributed by atoms with van der Waals surface area (Å²) in [5, 5.41) is 3.71. The van der Waals surface area contributed by atoms with Gasteiger partial charge >= 0.3 is 0 Å². The second-order valence-electron chi connectivity index (χ2n) is 5.98. The van der Waals surface area contributed by atoms with E-state index in [0.717, 1.165) is 32.1 Å². The molecule has 0 aliphatic carbocycles. The van der Waals surface area contributed by atoms with Crippen molar-refractivity contribution in [2.75, 3.05) is 6.54 Å². The van der Waals surface area contributed by atoms with Crippen LogP contribution in [0.3, 0.4) is 0 Å². The number of hydrogen-bond donors (Lipinski definition) is 0. The Morgan fingerprint density at radius 3 is 2.90 bits per heavy atom. The van der Waals surface area contributed by atoms with E-state index in [0.29, 0.717) is 18.2 Å². The van der Waals surface area contributed by atoms with Gasteiger partial charge in [-0.3, -0.25) is 0 Å². The standard InChI is InChI=1S/C14H24N2O3S/c1-12(2)6-7-14-5-3-4-9-16(14)20(17,18)11-13-8-10-19-15-13/h8,10,12,14H,3-7,9,11H2,1-2H3/t14-/m1/s1. The summed E-state index contributed by atoms with van der Waals surface area (Å²) >= 11 is 0. The van der Waals surface area contributed by atoms with Crippen molar-refractivity contribution in [3.05, 3.63) is 18.0 Å². The van der Waals surface area contributed by atoms with Gasteiger partial charge in [-0.1, -0.05) is 25.4 Å². The molecule has 1 aliphatic heterocycles. The first-order valence-corrected chi connectivity index (χ1v) is 8.99. The van der Waals surface area contributed by atoms with Gasteiger partial charge in [0.15, 0.2) is 0 Å². The molecular formula is C14H24N2O3S. The van der Waals surface area contributed by atoms with Crippen molar-refractivity contribution in [1.29, 1.82) is 0 Å². The molecule has 0 bridgehead atoms. The van der Waals surface area contributed by atoms with Gasteiger partial charge in [-0.2, -0.15) is 4.31 Å². The third-order valence-corrected chi connectivity index (χ3v) is 5.69. The first-order valence-electron chi connectivity index (χ1n) is 7.38. The normalized spacial score (nSPS) is 21.4. The number of nitrogens with zero attached hydrogens (tertiary/aromatic N) is 2. The highest BCUT2D eigenvalue weighted by atomic mass is 32.2. The summed E-state index contributed by atoms with van der Waals surface area (Å²) in [4.78, 5) is 0. The highest BCUT2D eigenvalue weighted by molar-refractivity contribution is 7.88. The van der Waals surface area contributed by atoms with E-state index in [4.69, 9.17) is 4.52 Å². The summed E-state index contributed by atoms with van der Waals surface area (Å²) < 4.78 is 31.5. The molecule has 1 aromatic heterocycles. The number of rotatable bonds is 6. The van der Waals surface area contributed by atoms with Crippen molar-refractivity contribution in [3.63, 3.8) is 0 Å². The Labute approximate surface area is 121 Å². The number of piperidine rings is 1. The van der Waals surface area contributed by atoms with Crippen LogP contribution in [0.2, 0.25) is 0 Å². The van der Waals surface area contributed by atoms with Crippen molar-refractivity contribution >= 4 is 10.0 Å². The third-order valence-electron chi connectivity index (χ3n) is 3.83. The first kappa shape index (κ1) is 15.5. The maximum Gasteiger partial charge on any atom is 0.220 e. The van der Waals surface area contributed by atoms with Crippen molar-refractivity contribution in [3.8, 4) is 0 Å². The fourth-order valence-electron chi connectivity index (χ4n) is 2.74. The molecule has 1 aromatic rings. The van der Waals surface area contributed by atoms with Crippen LogP contribution >= 0.6 is 0 Å². The minimum Gasteiger partial charge on any atom is -0.364 e. The molecule has 0 unspecified atom stereocenters. The molecule has 0 saturated carbocycles. The Bertz CT molecular complexity index is 496. The van der Waals surface area contributed by atoms with E-state index in [2.05, 4.69) is 19.0 Å². The van der Waals surface area contributed by atoms with Gasteiger partial charge in [-0.05, 0) is 31.6 Å². The zero-order valence-electron chi connectivity index (χ0n) is 12.3. The Morgan fingerprint density at radius 1 is 1.45 bits per heavy atom. The molecule has 5 nitrogen and oxygen atoms in total. The SMILES string of the molecule is CC(C)CC[C@H]1CCCCN1S(=O)(=O)Cc1ccon1. The van der Waals surface area contributed by atoms with Crippen LogP contribution in [0.5, 0.6) is 0 Å². The van der Waals surface area contributed by atoms with Gasteiger partial charge in [0.25, 0.3) is 0 Å². The number of sulfonamides is 1. The van der Waals surface area contributed by atoms with E-state index in [9.17, 15) is 8.42 Å². The van der Waals surface area contributed by atoms with Gasteiger partial charge in [-0.15, -0.1) is 0 Å². The van der Waals surface area contributed by atoms with Crippen molar-refractivity contribution < 1.29 is 12.9 Å². The molecule has 2 rings (SSSR count). The predicted octanol–water partition coefficient (Wildman–Crippen LogP) is 2.80. The van der Waals surface area contributed by atoms with E-state index < -0.39 is 10.0 Å². The number of hydrogen-bond acceptors (Lipinski definition) is 4. The summed E-state index contributed by atoms with van der Waals surface area (Å²) in [6.45, 7) is 5.00. The highest BCUT2D eigenvalue weighted by Gasteiger charge is 2.32. The minimum absolute atomic E-state index is 0.0539. The average Bonchev–Trinajstić information content (AvgIpc) is 2.88. The zero-order valence-corrected chi connectivity index (χ0v) is 13.1. The molecule has 1 atom stereocenters.